The first-order valence-corrected chi connectivity index (χ1v) is 14.5. The van der Waals surface area contributed by atoms with E-state index in [1.807, 2.05) is 17.0 Å². The van der Waals surface area contributed by atoms with Crippen LogP contribution < -0.4 is 21.9 Å². The summed E-state index contributed by atoms with van der Waals surface area (Å²) in [4.78, 5) is 50.7. The van der Waals surface area contributed by atoms with Crippen molar-refractivity contribution in [2.45, 2.75) is 51.5 Å². The number of aryl methyl sites for hydroxylation is 2. The summed E-state index contributed by atoms with van der Waals surface area (Å²) in [7, 11) is 0. The number of hydrogen-bond donors (Lipinski definition) is 3. The normalized spacial score (nSPS) is 14.9. The number of hydrogen-bond acceptors (Lipinski definition) is 9. The van der Waals surface area contributed by atoms with E-state index in [9.17, 15) is 19.5 Å². The second kappa shape index (κ2) is 13.2. The molecule has 1 fully saturated rings. The van der Waals surface area contributed by atoms with Crippen LogP contribution in [0.4, 0.5) is 5.82 Å². The minimum atomic E-state index is -1.16. The molecule has 1 aliphatic rings. The van der Waals surface area contributed by atoms with E-state index in [1.165, 1.54) is 10.5 Å². The number of carbonyl (C=O) groups is 2. The molecule has 40 heavy (non-hydrogen) atoms. The lowest BCUT2D eigenvalue weighted by molar-refractivity contribution is -0.133. The van der Waals surface area contributed by atoms with E-state index in [0.717, 1.165) is 35.2 Å². The van der Waals surface area contributed by atoms with Gasteiger partial charge in [0.25, 0.3) is 5.56 Å². The Hall–Kier alpha value is -3.61. The van der Waals surface area contributed by atoms with Gasteiger partial charge in [-0.05, 0) is 55.5 Å². The number of carboxylic acid groups (broad SMARTS) is 1. The highest BCUT2D eigenvalue weighted by Crippen LogP contribution is 2.22. The van der Waals surface area contributed by atoms with Gasteiger partial charge in [0.2, 0.25) is 5.91 Å². The number of thiazole rings is 1. The Kier molecular flexibility index (Phi) is 9.67. The molecule has 1 amide bonds. The van der Waals surface area contributed by atoms with Gasteiger partial charge in [0.1, 0.15) is 11.5 Å². The van der Waals surface area contributed by atoms with Crippen molar-refractivity contribution in [3.05, 3.63) is 62.0 Å². The first-order valence-electron chi connectivity index (χ1n) is 13.6. The van der Waals surface area contributed by atoms with E-state index in [-0.39, 0.29) is 17.0 Å². The highest BCUT2D eigenvalue weighted by atomic mass is 32.1. The van der Waals surface area contributed by atoms with Crippen molar-refractivity contribution in [2.75, 3.05) is 37.6 Å². The summed E-state index contributed by atoms with van der Waals surface area (Å²) in [6, 6.07) is 3.19. The summed E-state index contributed by atoms with van der Waals surface area (Å²) in [5.41, 5.74) is 14.0. The Morgan fingerprint density at radius 3 is 2.58 bits per heavy atom. The molecule has 12 heteroatoms. The number of anilines is 1. The fraction of sp³-hybridized carbons (Fsp3) is 0.464. The van der Waals surface area contributed by atoms with Crippen LogP contribution in [0.2, 0.25) is 0 Å². The van der Waals surface area contributed by atoms with Crippen LogP contribution in [0.1, 0.15) is 54.4 Å². The van der Waals surface area contributed by atoms with Crippen LogP contribution in [-0.2, 0) is 22.4 Å². The summed E-state index contributed by atoms with van der Waals surface area (Å²) in [5.74, 6) is -0.482. The number of pyridine rings is 1. The number of carbonyl (C=O) groups excluding carboxylic acids is 1. The third-order valence-electron chi connectivity index (χ3n) is 7.02. The van der Waals surface area contributed by atoms with Crippen molar-refractivity contribution in [1.82, 2.24) is 19.3 Å². The zero-order valence-electron chi connectivity index (χ0n) is 23.0. The van der Waals surface area contributed by atoms with Gasteiger partial charge in [-0.15, -0.1) is 11.3 Å². The zero-order chi connectivity index (χ0) is 28.8. The number of piperazine rings is 1. The number of rotatable bonds is 11. The van der Waals surface area contributed by atoms with Crippen molar-refractivity contribution in [3.63, 3.8) is 0 Å². The molecule has 214 valence electrons. The summed E-state index contributed by atoms with van der Waals surface area (Å²) in [6.45, 7) is 6.45. The van der Waals surface area contributed by atoms with Gasteiger partial charge in [-0.1, -0.05) is 13.8 Å². The van der Waals surface area contributed by atoms with Gasteiger partial charge >= 0.3 is 5.97 Å². The molecule has 0 bridgehead atoms. The first kappa shape index (κ1) is 29.4. The molecule has 0 spiro atoms. The second-order valence-corrected chi connectivity index (χ2v) is 11.2. The second-order valence-electron chi connectivity index (χ2n) is 10.3. The van der Waals surface area contributed by atoms with Gasteiger partial charge in [-0.2, -0.15) is 0 Å². The lowest BCUT2D eigenvalue weighted by Gasteiger charge is -2.37. The maximum absolute atomic E-state index is 13.5. The molecule has 4 heterocycles. The van der Waals surface area contributed by atoms with Crippen LogP contribution in [-0.4, -0.2) is 75.0 Å². The van der Waals surface area contributed by atoms with Crippen LogP contribution in [0.5, 0.6) is 0 Å². The predicted octanol–water partition coefficient (Wildman–Crippen LogP) is 1.87. The Balaban J connectivity index is 1.58. The number of aromatic nitrogens is 3. The van der Waals surface area contributed by atoms with Gasteiger partial charge in [-0.25, -0.2) is 14.8 Å². The molecule has 0 unspecified atom stereocenters. The molecule has 4 rings (SSSR count). The topological polar surface area (TPSA) is 160 Å². The zero-order valence-corrected chi connectivity index (χ0v) is 23.8. The van der Waals surface area contributed by atoms with E-state index in [0.29, 0.717) is 62.9 Å². The summed E-state index contributed by atoms with van der Waals surface area (Å²) >= 11 is 1.66. The van der Waals surface area contributed by atoms with Crippen LogP contribution >= 0.6 is 11.3 Å². The van der Waals surface area contributed by atoms with Crippen LogP contribution in [0.15, 0.2) is 34.6 Å². The SMILES string of the molecule is CC(C)c1csc(CCc2ccn3c(=O)c(C=CC(=O)O)c(N4CCN(C(=O)[C@@H](N)CCCN)CC4)nc3c2)n1. The van der Waals surface area contributed by atoms with Crippen molar-refractivity contribution in [1.29, 1.82) is 0 Å². The Morgan fingerprint density at radius 1 is 1.18 bits per heavy atom. The van der Waals surface area contributed by atoms with Crippen LogP contribution in [0, 0.1) is 0 Å². The Labute approximate surface area is 237 Å². The highest BCUT2D eigenvalue weighted by Gasteiger charge is 2.27. The van der Waals surface area contributed by atoms with Crippen LogP contribution in [0.3, 0.4) is 0 Å². The molecule has 11 nitrogen and oxygen atoms in total. The molecule has 1 atom stereocenters. The maximum atomic E-state index is 13.5. The predicted molar refractivity (Wildman–Crippen MR) is 157 cm³/mol. The summed E-state index contributed by atoms with van der Waals surface area (Å²) in [6.07, 6.45) is 6.67. The summed E-state index contributed by atoms with van der Waals surface area (Å²) < 4.78 is 1.44. The van der Waals surface area contributed by atoms with Crippen molar-refractivity contribution < 1.29 is 14.7 Å². The third-order valence-corrected chi connectivity index (χ3v) is 7.94. The summed E-state index contributed by atoms with van der Waals surface area (Å²) in [5, 5.41) is 12.4. The van der Waals surface area contributed by atoms with E-state index < -0.39 is 12.0 Å². The quantitative estimate of drug-likeness (QED) is 0.294. The van der Waals surface area contributed by atoms with E-state index in [4.69, 9.17) is 21.4 Å². The van der Waals surface area contributed by atoms with E-state index in [2.05, 4.69) is 19.2 Å². The molecule has 3 aromatic heterocycles. The molecule has 0 saturated carbocycles. The number of aliphatic carboxylic acids is 1. The molecule has 0 aromatic carbocycles. The lowest BCUT2D eigenvalue weighted by Crippen LogP contribution is -2.53. The molecule has 3 aromatic rings. The van der Waals surface area contributed by atoms with Crippen molar-refractivity contribution >= 4 is 40.8 Å². The van der Waals surface area contributed by atoms with E-state index in [1.54, 1.807) is 22.4 Å². The first-order chi connectivity index (χ1) is 19.2. The van der Waals surface area contributed by atoms with E-state index >= 15 is 0 Å². The third kappa shape index (κ3) is 6.93. The number of fused-ring (bicyclic) bond motifs is 1. The highest BCUT2D eigenvalue weighted by molar-refractivity contribution is 7.09. The van der Waals surface area contributed by atoms with Gasteiger partial charge in [-0.3, -0.25) is 14.0 Å². The lowest BCUT2D eigenvalue weighted by atomic mass is 10.1. The minimum Gasteiger partial charge on any atom is -0.478 e. The van der Waals surface area contributed by atoms with Crippen molar-refractivity contribution in [2.24, 2.45) is 11.5 Å². The average molecular weight is 568 g/mol. The fourth-order valence-electron chi connectivity index (χ4n) is 4.67. The molecular weight excluding hydrogens is 530 g/mol. The number of amides is 1. The molecule has 0 radical (unpaired) electrons. The van der Waals surface area contributed by atoms with Crippen molar-refractivity contribution in [3.8, 4) is 0 Å². The Morgan fingerprint density at radius 2 is 1.93 bits per heavy atom. The largest absolute Gasteiger partial charge is 0.478 e. The number of nitrogens with zero attached hydrogens (tertiary/aromatic N) is 5. The monoisotopic (exact) mass is 567 g/mol. The fourth-order valence-corrected chi connectivity index (χ4v) is 5.63. The molecular formula is C28H37N7O4S. The maximum Gasteiger partial charge on any atom is 0.328 e. The number of nitrogens with two attached hydrogens (primary N) is 2. The van der Waals surface area contributed by atoms with Gasteiger partial charge in [0.15, 0.2) is 0 Å². The molecule has 1 saturated heterocycles. The van der Waals surface area contributed by atoms with Gasteiger partial charge in [0, 0.05) is 50.3 Å². The molecule has 1 aliphatic heterocycles. The molecule has 0 aliphatic carbocycles. The minimum absolute atomic E-state index is 0.115. The standard InChI is InChI=1S/C28H37N7O4S/c1-18(2)22-17-40-24(31-22)7-5-19-9-11-35-23(16-19)32-26(20(27(35)38)6-8-25(36)37)33-12-14-34(15-13-33)28(39)21(30)4-3-10-29/h6,8-9,11,16-18,21H,3-5,7,10,12-15,29-30H2,1-2H3,(H,36,37)/t21-/m0/s1. The number of carboxylic acids is 1. The van der Waals surface area contributed by atoms with Gasteiger partial charge in [0.05, 0.1) is 22.3 Å². The smallest absolute Gasteiger partial charge is 0.328 e. The van der Waals surface area contributed by atoms with Gasteiger partial charge < -0.3 is 26.4 Å². The average Bonchev–Trinajstić information content (AvgIpc) is 3.43. The molecule has 5 N–H and O–H groups in total. The van der Waals surface area contributed by atoms with Crippen LogP contribution in [0.25, 0.3) is 11.7 Å². The Bertz CT molecular complexity index is 1440.